The molecule has 1 rings (SSSR count). The molecular weight excluding hydrogens is 261 g/mol. The Morgan fingerprint density at radius 1 is 1.19 bits per heavy atom. The van der Waals surface area contributed by atoms with E-state index in [1.165, 1.54) is 0 Å². The van der Waals surface area contributed by atoms with Gasteiger partial charge in [0.05, 0.1) is 11.3 Å². The van der Waals surface area contributed by atoms with Gasteiger partial charge < -0.3 is 0 Å². The van der Waals surface area contributed by atoms with Crippen LogP contribution in [0.15, 0.2) is 18.2 Å². The standard InChI is InChI=1S/C7H5F4NO2S.Na/c8-5-2-1-4(7(9,10)11)3-6(5)12-15(13)14;/h1-3,15H,(H,12,13,14);. The molecular formula is C7H5F4NNaO2S. The van der Waals surface area contributed by atoms with Crippen LogP contribution in [0.25, 0.3) is 0 Å². The average molecular weight is 266 g/mol. The summed E-state index contributed by atoms with van der Waals surface area (Å²) >= 11 is 0. The maximum Gasteiger partial charge on any atom is 0.416 e. The van der Waals surface area contributed by atoms with Crippen molar-refractivity contribution in [1.82, 2.24) is 0 Å². The van der Waals surface area contributed by atoms with Crippen molar-refractivity contribution in [2.24, 2.45) is 0 Å². The van der Waals surface area contributed by atoms with Crippen LogP contribution in [0.1, 0.15) is 5.56 Å². The first kappa shape index (κ1) is 15.7. The third kappa shape index (κ3) is 4.28. The summed E-state index contributed by atoms with van der Waals surface area (Å²) < 4.78 is 71.1. The summed E-state index contributed by atoms with van der Waals surface area (Å²) in [4.78, 5) is 0. The van der Waals surface area contributed by atoms with Crippen LogP contribution >= 0.6 is 0 Å². The number of nitrogens with one attached hydrogen (secondary N) is 1. The number of rotatable bonds is 2. The molecule has 1 radical (unpaired) electrons. The molecule has 0 aliphatic carbocycles. The first-order chi connectivity index (χ1) is 6.80. The molecule has 9 heteroatoms. The van der Waals surface area contributed by atoms with Crippen molar-refractivity contribution >= 4 is 46.1 Å². The number of hydrogen-bond acceptors (Lipinski definition) is 2. The second-order valence-electron chi connectivity index (χ2n) is 2.56. The van der Waals surface area contributed by atoms with E-state index in [0.717, 1.165) is 0 Å². The largest absolute Gasteiger partial charge is 0.416 e. The second kappa shape index (κ2) is 5.85. The van der Waals surface area contributed by atoms with Crippen molar-refractivity contribution in [3.05, 3.63) is 29.6 Å². The molecule has 0 aromatic heterocycles. The summed E-state index contributed by atoms with van der Waals surface area (Å²) in [7, 11) is -3.20. The monoisotopic (exact) mass is 266 g/mol. The molecule has 1 N–H and O–H groups in total. The first-order valence-electron chi connectivity index (χ1n) is 3.58. The Kier molecular flexibility index (Phi) is 5.74. The van der Waals surface area contributed by atoms with Gasteiger partial charge in [-0.05, 0) is 18.2 Å². The molecule has 16 heavy (non-hydrogen) atoms. The molecule has 0 fully saturated rings. The Labute approximate surface area is 112 Å². The van der Waals surface area contributed by atoms with E-state index in [1.807, 2.05) is 0 Å². The van der Waals surface area contributed by atoms with Crippen LogP contribution in [-0.4, -0.2) is 38.0 Å². The number of thiol groups is 1. The quantitative estimate of drug-likeness (QED) is 0.483. The van der Waals surface area contributed by atoms with Gasteiger partial charge in [-0.1, -0.05) is 0 Å². The zero-order valence-corrected chi connectivity index (χ0v) is 10.9. The average Bonchev–Trinajstić information content (AvgIpc) is 2.06. The Morgan fingerprint density at radius 3 is 2.19 bits per heavy atom. The van der Waals surface area contributed by atoms with Gasteiger partial charge >= 0.3 is 6.18 Å². The van der Waals surface area contributed by atoms with Crippen LogP contribution in [0.2, 0.25) is 0 Å². The van der Waals surface area contributed by atoms with Crippen molar-refractivity contribution in [3.63, 3.8) is 0 Å². The van der Waals surface area contributed by atoms with Gasteiger partial charge in [0.1, 0.15) is 5.82 Å². The van der Waals surface area contributed by atoms with Crippen molar-refractivity contribution in [2.75, 3.05) is 4.72 Å². The molecule has 0 aliphatic rings. The molecule has 0 atom stereocenters. The summed E-state index contributed by atoms with van der Waals surface area (Å²) in [5.41, 5.74) is -1.84. The maximum atomic E-state index is 12.8. The Morgan fingerprint density at radius 2 is 1.75 bits per heavy atom. The molecule has 0 amide bonds. The van der Waals surface area contributed by atoms with Crippen molar-refractivity contribution in [2.45, 2.75) is 6.18 Å². The van der Waals surface area contributed by atoms with Crippen LogP contribution in [0, 0.1) is 5.82 Å². The van der Waals surface area contributed by atoms with E-state index < -0.39 is 34.1 Å². The Bertz CT molecular complexity index is 439. The molecule has 0 bridgehead atoms. The van der Waals surface area contributed by atoms with Gasteiger partial charge in [0.15, 0.2) is 0 Å². The van der Waals surface area contributed by atoms with E-state index in [1.54, 1.807) is 4.72 Å². The fourth-order valence-electron chi connectivity index (χ4n) is 0.886. The van der Waals surface area contributed by atoms with Gasteiger partial charge in [-0.25, -0.2) is 12.8 Å². The molecule has 0 saturated heterocycles. The van der Waals surface area contributed by atoms with Crippen LogP contribution in [0.3, 0.4) is 0 Å². The molecule has 0 aliphatic heterocycles. The van der Waals surface area contributed by atoms with E-state index in [0.29, 0.717) is 18.2 Å². The van der Waals surface area contributed by atoms with Crippen LogP contribution in [0.5, 0.6) is 0 Å². The summed E-state index contributed by atoms with van der Waals surface area (Å²) in [6, 6.07) is 1.46. The van der Waals surface area contributed by atoms with Crippen LogP contribution < -0.4 is 4.72 Å². The number of hydrogen-bond donors (Lipinski definition) is 2. The van der Waals surface area contributed by atoms with Crippen molar-refractivity contribution < 1.29 is 26.0 Å². The SMILES string of the molecule is O=[SH](=O)Nc1cc(C(F)(F)F)ccc1F.[Na]. The first-order valence-corrected chi connectivity index (χ1v) is 4.76. The molecule has 85 valence electrons. The minimum atomic E-state index is -4.64. The molecule has 3 nitrogen and oxygen atoms in total. The predicted molar refractivity (Wildman–Crippen MR) is 51.1 cm³/mol. The molecule has 1 aromatic carbocycles. The topological polar surface area (TPSA) is 46.2 Å². The minimum Gasteiger partial charge on any atom is -0.283 e. The van der Waals surface area contributed by atoms with E-state index in [9.17, 15) is 26.0 Å². The van der Waals surface area contributed by atoms with E-state index in [-0.39, 0.29) is 29.6 Å². The number of benzene rings is 1. The molecule has 0 heterocycles. The van der Waals surface area contributed by atoms with Gasteiger partial charge in [-0.3, -0.25) is 4.72 Å². The molecule has 1 aromatic rings. The number of anilines is 1. The van der Waals surface area contributed by atoms with Crippen LogP contribution in [-0.2, 0) is 17.1 Å². The fourth-order valence-corrected chi connectivity index (χ4v) is 1.25. The molecule has 0 unspecified atom stereocenters. The van der Waals surface area contributed by atoms with E-state index in [4.69, 9.17) is 0 Å². The normalized spacial score (nSPS) is 11.1. The zero-order chi connectivity index (χ0) is 11.6. The molecule has 0 saturated carbocycles. The summed E-state index contributed by atoms with van der Waals surface area (Å²) in [6.07, 6.45) is -4.64. The van der Waals surface area contributed by atoms with Gasteiger partial charge in [0, 0.05) is 29.6 Å². The zero-order valence-electron chi connectivity index (χ0n) is 8.01. The smallest absolute Gasteiger partial charge is 0.283 e. The minimum absolute atomic E-state index is 0. The van der Waals surface area contributed by atoms with Crippen molar-refractivity contribution in [3.8, 4) is 0 Å². The Balaban J connectivity index is 0.00000225. The van der Waals surface area contributed by atoms with E-state index >= 15 is 0 Å². The summed E-state index contributed by atoms with van der Waals surface area (Å²) in [5.74, 6) is -1.07. The summed E-state index contributed by atoms with van der Waals surface area (Å²) in [6.45, 7) is 0. The number of halogens is 4. The third-order valence-electron chi connectivity index (χ3n) is 1.51. The van der Waals surface area contributed by atoms with Gasteiger partial charge in [0.2, 0.25) is 10.9 Å². The van der Waals surface area contributed by atoms with Gasteiger partial charge in [0.25, 0.3) is 0 Å². The fraction of sp³-hybridized carbons (Fsp3) is 0.143. The van der Waals surface area contributed by atoms with Gasteiger partial charge in [-0.15, -0.1) is 0 Å². The molecule has 0 spiro atoms. The Hall–Kier alpha value is -0.310. The van der Waals surface area contributed by atoms with Crippen molar-refractivity contribution in [1.29, 1.82) is 0 Å². The number of alkyl halides is 3. The maximum absolute atomic E-state index is 12.8. The van der Waals surface area contributed by atoms with Gasteiger partial charge in [-0.2, -0.15) is 13.2 Å². The third-order valence-corrected chi connectivity index (χ3v) is 1.93. The second-order valence-corrected chi connectivity index (χ2v) is 3.30. The van der Waals surface area contributed by atoms with E-state index in [2.05, 4.69) is 0 Å². The summed E-state index contributed by atoms with van der Waals surface area (Å²) in [5, 5.41) is 0. The predicted octanol–water partition coefficient (Wildman–Crippen LogP) is 1.40. The van der Waals surface area contributed by atoms with Crippen LogP contribution in [0.4, 0.5) is 23.2 Å².